The van der Waals surface area contributed by atoms with Gasteiger partial charge >= 0.3 is 0 Å². The van der Waals surface area contributed by atoms with Crippen LogP contribution in [0.3, 0.4) is 0 Å². The lowest BCUT2D eigenvalue weighted by molar-refractivity contribution is -0.109. The van der Waals surface area contributed by atoms with Crippen LogP contribution >= 0.6 is 11.8 Å². The standard InChI is InChI=1S/C12H15FO4S/c1-7(14)18-5-4-11(16)12(17)9-6-8(15)2-3-10(9)13/h2-3,6,11-12,15-17H,4-5H2,1H3. The van der Waals surface area contributed by atoms with Gasteiger partial charge in [-0.25, -0.2) is 4.39 Å². The lowest BCUT2D eigenvalue weighted by Gasteiger charge is -2.18. The van der Waals surface area contributed by atoms with Gasteiger partial charge in [0.2, 0.25) is 0 Å². The first-order chi connectivity index (χ1) is 8.41. The third-order valence-electron chi connectivity index (χ3n) is 2.38. The van der Waals surface area contributed by atoms with E-state index < -0.39 is 18.0 Å². The summed E-state index contributed by atoms with van der Waals surface area (Å²) in [5, 5.41) is 28.6. The number of aliphatic hydroxyl groups is 2. The monoisotopic (exact) mass is 274 g/mol. The van der Waals surface area contributed by atoms with Crippen LogP contribution in [-0.2, 0) is 4.79 Å². The van der Waals surface area contributed by atoms with Gasteiger partial charge in [0.25, 0.3) is 0 Å². The Hall–Kier alpha value is -1.11. The Labute approximate surface area is 108 Å². The first-order valence-electron chi connectivity index (χ1n) is 5.39. The second kappa shape index (κ2) is 6.72. The largest absolute Gasteiger partial charge is 0.508 e. The van der Waals surface area contributed by atoms with E-state index in [2.05, 4.69) is 0 Å². The van der Waals surface area contributed by atoms with E-state index in [9.17, 15) is 24.5 Å². The van der Waals surface area contributed by atoms with Crippen molar-refractivity contribution < 1.29 is 24.5 Å². The molecule has 4 nitrogen and oxygen atoms in total. The van der Waals surface area contributed by atoms with Crippen molar-refractivity contribution in [1.82, 2.24) is 0 Å². The highest BCUT2D eigenvalue weighted by Crippen LogP contribution is 2.26. The molecule has 0 saturated carbocycles. The van der Waals surface area contributed by atoms with Crippen molar-refractivity contribution >= 4 is 16.9 Å². The fraction of sp³-hybridized carbons (Fsp3) is 0.417. The molecule has 0 aliphatic rings. The van der Waals surface area contributed by atoms with Gasteiger partial charge in [0.15, 0.2) is 5.12 Å². The first-order valence-corrected chi connectivity index (χ1v) is 6.38. The van der Waals surface area contributed by atoms with Crippen LogP contribution < -0.4 is 0 Å². The Kier molecular flexibility index (Phi) is 5.58. The van der Waals surface area contributed by atoms with Crippen LogP contribution in [0.5, 0.6) is 5.75 Å². The van der Waals surface area contributed by atoms with Crippen molar-refractivity contribution in [3.05, 3.63) is 29.6 Å². The number of halogens is 1. The fourth-order valence-electron chi connectivity index (χ4n) is 1.45. The quantitative estimate of drug-likeness (QED) is 0.760. The lowest BCUT2D eigenvalue weighted by atomic mass is 10.0. The van der Waals surface area contributed by atoms with Gasteiger partial charge in [0, 0.05) is 18.2 Å². The van der Waals surface area contributed by atoms with E-state index >= 15 is 0 Å². The summed E-state index contributed by atoms with van der Waals surface area (Å²) in [6.07, 6.45) is -2.46. The van der Waals surface area contributed by atoms with Crippen LogP contribution in [0.1, 0.15) is 25.0 Å². The molecular weight excluding hydrogens is 259 g/mol. The molecule has 1 aromatic rings. The Morgan fingerprint density at radius 3 is 2.72 bits per heavy atom. The summed E-state index contributed by atoms with van der Waals surface area (Å²) in [4.78, 5) is 10.7. The molecule has 0 heterocycles. The number of aromatic hydroxyl groups is 1. The van der Waals surface area contributed by atoms with E-state index in [-0.39, 0.29) is 22.8 Å². The van der Waals surface area contributed by atoms with Crippen LogP contribution in [0.15, 0.2) is 18.2 Å². The number of carbonyl (C=O) groups is 1. The molecular formula is C12H15FO4S. The smallest absolute Gasteiger partial charge is 0.185 e. The SMILES string of the molecule is CC(=O)SCCC(O)C(O)c1cc(O)ccc1F. The normalized spacial score (nSPS) is 14.2. The van der Waals surface area contributed by atoms with Gasteiger partial charge in [-0.1, -0.05) is 11.8 Å². The molecule has 1 rings (SSSR count). The van der Waals surface area contributed by atoms with Crippen LogP contribution in [0, 0.1) is 5.82 Å². The minimum atomic E-state index is -1.43. The number of benzene rings is 1. The second-order valence-electron chi connectivity index (χ2n) is 3.85. The molecule has 0 amide bonds. The molecule has 0 aliphatic heterocycles. The lowest BCUT2D eigenvalue weighted by Crippen LogP contribution is -2.20. The van der Waals surface area contributed by atoms with E-state index in [1.807, 2.05) is 0 Å². The van der Waals surface area contributed by atoms with Gasteiger partial charge < -0.3 is 15.3 Å². The molecule has 0 saturated heterocycles. The zero-order valence-corrected chi connectivity index (χ0v) is 10.7. The topological polar surface area (TPSA) is 77.8 Å². The predicted octanol–water partition coefficient (Wildman–Crippen LogP) is 1.60. The number of carbonyl (C=O) groups excluding carboxylic acids is 1. The third kappa shape index (κ3) is 4.29. The Morgan fingerprint density at radius 2 is 2.11 bits per heavy atom. The Morgan fingerprint density at radius 1 is 1.44 bits per heavy atom. The predicted molar refractivity (Wildman–Crippen MR) is 66.8 cm³/mol. The van der Waals surface area contributed by atoms with E-state index in [0.717, 1.165) is 30.0 Å². The van der Waals surface area contributed by atoms with Gasteiger partial charge in [-0.05, 0) is 24.6 Å². The molecule has 2 atom stereocenters. The van der Waals surface area contributed by atoms with E-state index in [1.165, 1.54) is 6.92 Å². The summed E-state index contributed by atoms with van der Waals surface area (Å²) in [6, 6.07) is 3.25. The molecule has 100 valence electrons. The van der Waals surface area contributed by atoms with Gasteiger partial charge in [0.1, 0.15) is 17.7 Å². The van der Waals surface area contributed by atoms with Crippen molar-refractivity contribution in [2.75, 3.05) is 5.75 Å². The molecule has 2 unspecified atom stereocenters. The number of hydrogen-bond acceptors (Lipinski definition) is 5. The highest BCUT2D eigenvalue weighted by molar-refractivity contribution is 8.13. The summed E-state index contributed by atoms with van der Waals surface area (Å²) in [7, 11) is 0. The molecule has 0 bridgehead atoms. The molecule has 0 fully saturated rings. The van der Waals surface area contributed by atoms with Crippen molar-refractivity contribution in [2.24, 2.45) is 0 Å². The van der Waals surface area contributed by atoms with Gasteiger partial charge in [-0.2, -0.15) is 0 Å². The molecule has 3 N–H and O–H groups in total. The number of phenolic OH excluding ortho intramolecular Hbond substituents is 1. The van der Waals surface area contributed by atoms with E-state index in [0.29, 0.717) is 5.75 Å². The molecule has 0 aromatic heterocycles. The summed E-state index contributed by atoms with van der Waals surface area (Å²) >= 11 is 1.03. The molecule has 0 spiro atoms. The van der Waals surface area contributed by atoms with Gasteiger partial charge in [-0.15, -0.1) is 0 Å². The molecule has 0 aliphatic carbocycles. The molecule has 1 aromatic carbocycles. The maximum Gasteiger partial charge on any atom is 0.185 e. The average molecular weight is 274 g/mol. The van der Waals surface area contributed by atoms with E-state index in [1.54, 1.807) is 0 Å². The van der Waals surface area contributed by atoms with Crippen molar-refractivity contribution in [3.63, 3.8) is 0 Å². The van der Waals surface area contributed by atoms with Crippen LogP contribution in [0.2, 0.25) is 0 Å². The number of thioether (sulfide) groups is 1. The zero-order chi connectivity index (χ0) is 13.7. The average Bonchev–Trinajstić information content (AvgIpc) is 2.30. The molecule has 18 heavy (non-hydrogen) atoms. The highest BCUT2D eigenvalue weighted by atomic mass is 32.2. The minimum absolute atomic E-state index is 0.0831. The van der Waals surface area contributed by atoms with Crippen molar-refractivity contribution in [2.45, 2.75) is 25.6 Å². The van der Waals surface area contributed by atoms with Crippen molar-refractivity contribution in [3.8, 4) is 5.75 Å². The third-order valence-corrected chi connectivity index (χ3v) is 3.23. The maximum absolute atomic E-state index is 13.4. The van der Waals surface area contributed by atoms with Crippen LogP contribution in [0.25, 0.3) is 0 Å². The number of phenols is 1. The summed E-state index contributed by atoms with van der Waals surface area (Å²) in [5.41, 5.74) is -0.157. The highest BCUT2D eigenvalue weighted by Gasteiger charge is 2.21. The second-order valence-corrected chi connectivity index (χ2v) is 5.12. The summed E-state index contributed by atoms with van der Waals surface area (Å²) in [6.45, 7) is 1.41. The zero-order valence-electron chi connectivity index (χ0n) is 9.84. The number of aliphatic hydroxyl groups excluding tert-OH is 2. The number of hydrogen-bond donors (Lipinski definition) is 3. The minimum Gasteiger partial charge on any atom is -0.508 e. The first kappa shape index (κ1) is 14.9. The maximum atomic E-state index is 13.4. The van der Waals surface area contributed by atoms with Gasteiger partial charge in [-0.3, -0.25) is 4.79 Å². The molecule has 6 heteroatoms. The van der Waals surface area contributed by atoms with Crippen molar-refractivity contribution in [1.29, 1.82) is 0 Å². The fourth-order valence-corrected chi connectivity index (χ4v) is 2.09. The molecule has 0 radical (unpaired) electrons. The van der Waals surface area contributed by atoms with Gasteiger partial charge in [0.05, 0.1) is 6.10 Å². The number of rotatable bonds is 5. The summed E-state index contributed by atoms with van der Waals surface area (Å²) < 4.78 is 13.4. The van der Waals surface area contributed by atoms with Crippen LogP contribution in [-0.4, -0.2) is 32.3 Å². The Balaban J connectivity index is 2.64. The van der Waals surface area contributed by atoms with E-state index in [4.69, 9.17) is 0 Å². The van der Waals surface area contributed by atoms with Crippen LogP contribution in [0.4, 0.5) is 4.39 Å². The summed E-state index contributed by atoms with van der Waals surface area (Å²) in [5.74, 6) is -0.539. The Bertz CT molecular complexity index is 425.